The lowest BCUT2D eigenvalue weighted by Crippen LogP contribution is -1.97. The fourth-order valence-electron chi connectivity index (χ4n) is 2.43. The highest BCUT2D eigenvalue weighted by Crippen LogP contribution is 2.33. The molecule has 0 atom stereocenters. The van der Waals surface area contributed by atoms with E-state index in [9.17, 15) is 9.65 Å². The molecule has 0 aliphatic carbocycles. The molecule has 0 bridgehead atoms. The van der Waals surface area contributed by atoms with Gasteiger partial charge in [-0.05, 0) is 35.9 Å². The summed E-state index contributed by atoms with van der Waals surface area (Å²) in [5, 5.41) is 10.1. The van der Waals surface area contributed by atoms with Crippen molar-refractivity contribution in [1.82, 2.24) is 4.98 Å². The van der Waals surface area contributed by atoms with Crippen LogP contribution in [0.5, 0.6) is 5.88 Å². The van der Waals surface area contributed by atoms with E-state index in [1.54, 1.807) is 30.3 Å². The molecule has 1 heterocycles. The van der Waals surface area contributed by atoms with Crippen LogP contribution in [-0.4, -0.2) is 12.1 Å². The van der Waals surface area contributed by atoms with E-state index in [4.69, 9.17) is 16.3 Å². The van der Waals surface area contributed by atoms with Gasteiger partial charge in [-0.1, -0.05) is 35.9 Å². The molecule has 118 valence electrons. The summed E-state index contributed by atoms with van der Waals surface area (Å²) < 4.78 is 18.5. The highest BCUT2D eigenvalue weighted by Gasteiger charge is 2.16. The van der Waals surface area contributed by atoms with Crippen LogP contribution < -0.4 is 4.74 Å². The third-order valence-corrected chi connectivity index (χ3v) is 3.80. The van der Waals surface area contributed by atoms with E-state index >= 15 is 0 Å². The lowest BCUT2D eigenvalue weighted by Gasteiger charge is -2.12. The fourth-order valence-corrected chi connectivity index (χ4v) is 2.62. The molecule has 0 radical (unpaired) electrons. The van der Waals surface area contributed by atoms with Crippen LogP contribution in [0.4, 0.5) is 4.39 Å². The normalized spacial score (nSPS) is 10.2. The maximum Gasteiger partial charge on any atom is 0.232 e. The summed E-state index contributed by atoms with van der Waals surface area (Å²) in [5.74, 6) is -0.123. The number of rotatable bonds is 3. The number of hydrogen-bond acceptors (Lipinski definition) is 3. The predicted molar refractivity (Wildman–Crippen MR) is 91.3 cm³/mol. The van der Waals surface area contributed by atoms with E-state index in [2.05, 4.69) is 11.1 Å². The summed E-state index contributed by atoms with van der Waals surface area (Å²) in [6.07, 6.45) is 0. The average molecular weight is 339 g/mol. The van der Waals surface area contributed by atoms with Gasteiger partial charge in [0, 0.05) is 16.1 Å². The van der Waals surface area contributed by atoms with Gasteiger partial charge in [0.15, 0.2) is 0 Å². The zero-order chi connectivity index (χ0) is 17.1. The van der Waals surface area contributed by atoms with Crippen LogP contribution in [-0.2, 0) is 0 Å². The van der Waals surface area contributed by atoms with Crippen LogP contribution >= 0.6 is 11.6 Å². The molecule has 0 saturated heterocycles. The van der Waals surface area contributed by atoms with E-state index in [1.165, 1.54) is 19.2 Å². The van der Waals surface area contributed by atoms with Crippen LogP contribution in [0.2, 0.25) is 5.02 Å². The Morgan fingerprint density at radius 1 is 1.08 bits per heavy atom. The van der Waals surface area contributed by atoms with Crippen molar-refractivity contribution in [2.75, 3.05) is 7.11 Å². The number of pyridine rings is 1. The average Bonchev–Trinajstić information content (AvgIpc) is 2.61. The Bertz CT molecular complexity index is 933. The van der Waals surface area contributed by atoms with Crippen LogP contribution in [0, 0.1) is 17.1 Å². The number of benzene rings is 2. The number of aromatic nitrogens is 1. The van der Waals surface area contributed by atoms with E-state index in [1.807, 2.05) is 12.1 Å². The molecule has 0 spiro atoms. The van der Waals surface area contributed by atoms with Gasteiger partial charge in [0.1, 0.15) is 17.4 Å². The number of ether oxygens (including phenoxy) is 1. The molecule has 0 unspecified atom stereocenters. The predicted octanol–water partition coefficient (Wildman–Crippen LogP) is 5.09. The summed E-state index contributed by atoms with van der Waals surface area (Å²) in [6, 6.07) is 17.1. The summed E-state index contributed by atoms with van der Waals surface area (Å²) >= 11 is 6.05. The second kappa shape index (κ2) is 6.69. The Morgan fingerprint density at radius 2 is 1.83 bits per heavy atom. The highest BCUT2D eigenvalue weighted by atomic mass is 35.5. The summed E-state index contributed by atoms with van der Waals surface area (Å²) in [4.78, 5) is 4.40. The van der Waals surface area contributed by atoms with Gasteiger partial charge < -0.3 is 4.74 Å². The van der Waals surface area contributed by atoms with Gasteiger partial charge in [-0.25, -0.2) is 9.37 Å². The maximum absolute atomic E-state index is 13.2. The molecular weight excluding hydrogens is 327 g/mol. The second-order valence-corrected chi connectivity index (χ2v) is 5.50. The van der Waals surface area contributed by atoms with Crippen LogP contribution in [0.3, 0.4) is 0 Å². The number of hydrogen-bond donors (Lipinski definition) is 0. The molecule has 0 aliphatic heterocycles. The van der Waals surface area contributed by atoms with E-state index in [0.29, 0.717) is 27.4 Å². The minimum atomic E-state index is -0.339. The molecule has 1 aromatic heterocycles. The van der Waals surface area contributed by atoms with Gasteiger partial charge in [0.25, 0.3) is 0 Å². The van der Waals surface area contributed by atoms with E-state index in [0.717, 1.165) is 5.56 Å². The molecule has 3 nitrogen and oxygen atoms in total. The second-order valence-electron chi connectivity index (χ2n) is 5.07. The van der Waals surface area contributed by atoms with Gasteiger partial charge in [-0.15, -0.1) is 0 Å². The Balaban J connectivity index is 2.25. The third-order valence-electron chi connectivity index (χ3n) is 3.57. The smallest absolute Gasteiger partial charge is 0.232 e. The molecule has 0 N–H and O–H groups in total. The van der Waals surface area contributed by atoms with Crippen molar-refractivity contribution in [1.29, 1.82) is 5.26 Å². The van der Waals surface area contributed by atoms with Crippen molar-refractivity contribution in [2.24, 2.45) is 0 Å². The third kappa shape index (κ3) is 3.08. The Labute approximate surface area is 143 Å². The van der Waals surface area contributed by atoms with Crippen molar-refractivity contribution in [3.63, 3.8) is 0 Å². The minimum Gasteiger partial charge on any atom is -0.480 e. The molecular formula is C19H12ClFN2O. The first-order valence-corrected chi connectivity index (χ1v) is 7.51. The van der Waals surface area contributed by atoms with Gasteiger partial charge in [0.2, 0.25) is 5.88 Å². The summed E-state index contributed by atoms with van der Waals surface area (Å²) in [6.45, 7) is 0. The summed E-state index contributed by atoms with van der Waals surface area (Å²) in [7, 11) is 1.46. The van der Waals surface area contributed by atoms with E-state index in [-0.39, 0.29) is 11.7 Å². The SMILES string of the molecule is COc1nc(-c2cccc(Cl)c2)cc(-c2ccc(F)cc2)c1C#N. The minimum absolute atomic E-state index is 0.217. The first kappa shape index (κ1) is 16.0. The highest BCUT2D eigenvalue weighted by molar-refractivity contribution is 6.30. The molecule has 3 rings (SSSR count). The number of methoxy groups -OCH3 is 1. The van der Waals surface area contributed by atoms with Gasteiger partial charge in [-0.3, -0.25) is 0 Å². The monoisotopic (exact) mass is 338 g/mol. The zero-order valence-electron chi connectivity index (χ0n) is 12.8. The molecule has 0 saturated carbocycles. The molecule has 0 fully saturated rings. The van der Waals surface area contributed by atoms with Gasteiger partial charge >= 0.3 is 0 Å². The van der Waals surface area contributed by atoms with E-state index < -0.39 is 0 Å². The van der Waals surface area contributed by atoms with Crippen molar-refractivity contribution in [3.8, 4) is 34.3 Å². The number of nitrogens with zero attached hydrogens (tertiary/aromatic N) is 2. The number of halogens is 2. The first-order chi connectivity index (χ1) is 11.6. The van der Waals surface area contributed by atoms with Crippen LogP contribution in [0.25, 0.3) is 22.4 Å². The summed E-state index contributed by atoms with van der Waals surface area (Å²) in [5.41, 5.74) is 3.05. The van der Waals surface area contributed by atoms with Gasteiger partial charge in [0.05, 0.1) is 12.8 Å². The Morgan fingerprint density at radius 3 is 2.46 bits per heavy atom. The fraction of sp³-hybridized carbons (Fsp3) is 0.0526. The maximum atomic E-state index is 13.2. The molecule has 5 heteroatoms. The molecule has 2 aromatic carbocycles. The molecule has 0 aliphatic rings. The molecule has 3 aromatic rings. The van der Waals surface area contributed by atoms with Crippen LogP contribution in [0.15, 0.2) is 54.6 Å². The Kier molecular flexibility index (Phi) is 4.45. The van der Waals surface area contributed by atoms with Crippen LogP contribution in [0.1, 0.15) is 5.56 Å². The largest absolute Gasteiger partial charge is 0.480 e. The molecule has 0 amide bonds. The molecule has 24 heavy (non-hydrogen) atoms. The van der Waals surface area contributed by atoms with Crippen molar-refractivity contribution >= 4 is 11.6 Å². The number of nitriles is 1. The topological polar surface area (TPSA) is 45.9 Å². The zero-order valence-corrected chi connectivity index (χ0v) is 13.5. The van der Waals surface area contributed by atoms with Gasteiger partial charge in [-0.2, -0.15) is 5.26 Å². The lowest BCUT2D eigenvalue weighted by atomic mass is 9.99. The van der Waals surface area contributed by atoms with Crippen molar-refractivity contribution < 1.29 is 9.13 Å². The standard InChI is InChI=1S/C19H12ClFN2O/c1-24-19-17(11-22)16(12-5-7-15(21)8-6-12)10-18(23-19)13-3-2-4-14(20)9-13/h2-10H,1H3. The Hall–Kier alpha value is -2.90. The first-order valence-electron chi connectivity index (χ1n) is 7.13. The lowest BCUT2D eigenvalue weighted by molar-refractivity contribution is 0.397. The van der Waals surface area contributed by atoms with Crippen molar-refractivity contribution in [2.45, 2.75) is 0 Å². The quantitative estimate of drug-likeness (QED) is 0.668. The van der Waals surface area contributed by atoms with Crippen molar-refractivity contribution in [3.05, 3.63) is 71.0 Å².